The van der Waals surface area contributed by atoms with Gasteiger partial charge in [0.1, 0.15) is 0 Å². The van der Waals surface area contributed by atoms with Gasteiger partial charge in [-0.15, -0.1) is 0 Å². The van der Waals surface area contributed by atoms with Crippen LogP contribution in [0.25, 0.3) is 0 Å². The second-order valence-electron chi connectivity index (χ2n) is 6.45. The van der Waals surface area contributed by atoms with E-state index in [0.717, 1.165) is 23.4 Å². The van der Waals surface area contributed by atoms with Crippen molar-refractivity contribution in [1.82, 2.24) is 10.2 Å². The topological polar surface area (TPSA) is 32.3 Å². The van der Waals surface area contributed by atoms with E-state index in [4.69, 9.17) is 11.6 Å². The van der Waals surface area contributed by atoms with Crippen molar-refractivity contribution < 1.29 is 4.79 Å². The Kier molecular flexibility index (Phi) is 5.10. The van der Waals surface area contributed by atoms with Crippen LogP contribution in [0.2, 0.25) is 5.02 Å². The van der Waals surface area contributed by atoms with E-state index in [-0.39, 0.29) is 11.4 Å². The minimum Gasteiger partial charge on any atom is -0.337 e. The first kappa shape index (κ1) is 16.8. The summed E-state index contributed by atoms with van der Waals surface area (Å²) in [5.74, 6) is 0. The number of halogens is 1. The number of hydrogen-bond donors (Lipinski definition) is 1. The summed E-state index contributed by atoms with van der Waals surface area (Å²) in [4.78, 5) is 14.4. The molecule has 0 aliphatic heterocycles. The first-order valence-electron chi connectivity index (χ1n) is 8.46. The Balaban J connectivity index is 1.59. The van der Waals surface area contributed by atoms with E-state index in [1.54, 1.807) is 0 Å². The van der Waals surface area contributed by atoms with Gasteiger partial charge in [0.05, 0.1) is 0 Å². The third-order valence-electron chi connectivity index (χ3n) is 4.77. The molecule has 4 heteroatoms. The van der Waals surface area contributed by atoms with Crippen LogP contribution >= 0.6 is 11.6 Å². The minimum atomic E-state index is 0.00147. The first-order valence-corrected chi connectivity index (χ1v) is 8.83. The van der Waals surface area contributed by atoms with Gasteiger partial charge in [0, 0.05) is 30.1 Å². The Morgan fingerprint density at radius 2 is 1.79 bits per heavy atom. The number of amides is 2. The van der Waals surface area contributed by atoms with Crippen LogP contribution in [0.15, 0.2) is 54.6 Å². The van der Waals surface area contributed by atoms with E-state index in [0.29, 0.717) is 19.6 Å². The summed E-state index contributed by atoms with van der Waals surface area (Å²) in [6.07, 6.45) is 2.22. The number of hydrogen-bond acceptors (Lipinski definition) is 1. The molecule has 24 heavy (non-hydrogen) atoms. The number of nitrogens with one attached hydrogen (secondary N) is 1. The fourth-order valence-electron chi connectivity index (χ4n) is 3.01. The zero-order chi connectivity index (χ0) is 17.0. The van der Waals surface area contributed by atoms with Crippen LogP contribution in [0.3, 0.4) is 0 Å². The van der Waals surface area contributed by atoms with Crippen LogP contribution in [0, 0.1) is 0 Å². The molecule has 2 aromatic carbocycles. The van der Waals surface area contributed by atoms with Gasteiger partial charge < -0.3 is 10.2 Å². The molecule has 0 bridgehead atoms. The van der Waals surface area contributed by atoms with Gasteiger partial charge in [-0.3, -0.25) is 0 Å². The van der Waals surface area contributed by atoms with Crippen molar-refractivity contribution in [3.63, 3.8) is 0 Å². The van der Waals surface area contributed by atoms with Crippen molar-refractivity contribution in [3.8, 4) is 0 Å². The Labute approximate surface area is 148 Å². The van der Waals surface area contributed by atoms with Crippen LogP contribution in [-0.4, -0.2) is 24.0 Å². The third kappa shape index (κ3) is 3.90. The molecule has 0 radical (unpaired) electrons. The Hall–Kier alpha value is -2.00. The molecule has 1 N–H and O–H groups in total. The van der Waals surface area contributed by atoms with Gasteiger partial charge in [-0.05, 0) is 43.0 Å². The average Bonchev–Trinajstić information content (AvgIpc) is 3.40. The second-order valence-corrected chi connectivity index (χ2v) is 6.88. The lowest BCUT2D eigenvalue weighted by atomic mass is 9.96. The molecule has 2 amide bonds. The number of rotatable bonds is 6. The van der Waals surface area contributed by atoms with Crippen LogP contribution in [0.4, 0.5) is 4.79 Å². The molecule has 0 unspecified atom stereocenters. The molecule has 3 rings (SSSR count). The average molecular weight is 343 g/mol. The molecule has 1 fully saturated rings. The molecule has 0 aromatic heterocycles. The predicted octanol–water partition coefficient (Wildman–Crippen LogP) is 4.60. The van der Waals surface area contributed by atoms with Gasteiger partial charge in [-0.1, -0.05) is 54.1 Å². The molecular formula is C20H23ClN2O. The normalized spacial score (nSPS) is 14.9. The highest BCUT2D eigenvalue weighted by Crippen LogP contribution is 2.47. The predicted molar refractivity (Wildman–Crippen MR) is 98.3 cm³/mol. The number of benzene rings is 2. The van der Waals surface area contributed by atoms with Gasteiger partial charge in [-0.2, -0.15) is 0 Å². The molecular weight excluding hydrogens is 320 g/mol. The molecule has 3 nitrogen and oxygen atoms in total. The van der Waals surface area contributed by atoms with Crippen molar-refractivity contribution in [1.29, 1.82) is 0 Å². The van der Waals surface area contributed by atoms with Crippen LogP contribution < -0.4 is 5.32 Å². The van der Waals surface area contributed by atoms with Crippen molar-refractivity contribution in [2.75, 3.05) is 13.1 Å². The largest absolute Gasteiger partial charge is 0.337 e. The second kappa shape index (κ2) is 7.27. The molecule has 1 aliphatic rings. The van der Waals surface area contributed by atoms with E-state index >= 15 is 0 Å². The zero-order valence-electron chi connectivity index (χ0n) is 14.0. The SMILES string of the molecule is CCN(Cc1ccccc1)C(=O)NCC1(c2ccc(Cl)cc2)CC1. The van der Waals surface area contributed by atoms with E-state index in [1.807, 2.05) is 54.3 Å². The zero-order valence-corrected chi connectivity index (χ0v) is 14.7. The highest BCUT2D eigenvalue weighted by Gasteiger charge is 2.44. The first-order chi connectivity index (χ1) is 11.6. The Morgan fingerprint density at radius 1 is 1.12 bits per heavy atom. The van der Waals surface area contributed by atoms with E-state index < -0.39 is 0 Å². The minimum absolute atomic E-state index is 0.00147. The lowest BCUT2D eigenvalue weighted by Crippen LogP contribution is -2.42. The number of nitrogens with zero attached hydrogens (tertiary/aromatic N) is 1. The summed E-state index contributed by atoms with van der Waals surface area (Å²) in [5, 5.41) is 3.87. The molecule has 0 atom stereocenters. The summed E-state index contributed by atoms with van der Waals surface area (Å²) < 4.78 is 0. The maximum Gasteiger partial charge on any atom is 0.317 e. The van der Waals surface area contributed by atoms with Crippen molar-refractivity contribution in [2.45, 2.75) is 31.7 Å². The number of carbonyl (C=O) groups excluding carboxylic acids is 1. The van der Waals surface area contributed by atoms with E-state index in [9.17, 15) is 4.79 Å². The van der Waals surface area contributed by atoms with Gasteiger partial charge in [-0.25, -0.2) is 4.79 Å². The van der Waals surface area contributed by atoms with Crippen molar-refractivity contribution in [2.24, 2.45) is 0 Å². The molecule has 1 aliphatic carbocycles. The quantitative estimate of drug-likeness (QED) is 0.817. The Bertz CT molecular complexity index is 681. The summed E-state index contributed by atoms with van der Waals surface area (Å²) in [5.41, 5.74) is 2.50. The lowest BCUT2D eigenvalue weighted by molar-refractivity contribution is 0.197. The van der Waals surface area contributed by atoms with Crippen molar-refractivity contribution in [3.05, 3.63) is 70.7 Å². The summed E-state index contributed by atoms with van der Waals surface area (Å²) in [6.45, 7) is 4.01. The lowest BCUT2D eigenvalue weighted by Gasteiger charge is -2.24. The van der Waals surface area contributed by atoms with Crippen LogP contribution in [-0.2, 0) is 12.0 Å². The molecule has 1 saturated carbocycles. The molecule has 0 saturated heterocycles. The molecule has 2 aromatic rings. The van der Waals surface area contributed by atoms with Crippen molar-refractivity contribution >= 4 is 17.6 Å². The van der Waals surface area contributed by atoms with Gasteiger partial charge in [0.25, 0.3) is 0 Å². The molecule has 0 spiro atoms. The summed E-state index contributed by atoms with van der Waals surface area (Å²) in [7, 11) is 0. The number of urea groups is 1. The summed E-state index contributed by atoms with van der Waals surface area (Å²) >= 11 is 5.97. The number of carbonyl (C=O) groups is 1. The highest BCUT2D eigenvalue weighted by atomic mass is 35.5. The summed E-state index contributed by atoms with van der Waals surface area (Å²) in [6, 6.07) is 18.1. The smallest absolute Gasteiger partial charge is 0.317 e. The highest BCUT2D eigenvalue weighted by molar-refractivity contribution is 6.30. The fraction of sp³-hybridized carbons (Fsp3) is 0.350. The van der Waals surface area contributed by atoms with Gasteiger partial charge >= 0.3 is 6.03 Å². The van der Waals surface area contributed by atoms with Crippen LogP contribution in [0.1, 0.15) is 30.9 Å². The monoisotopic (exact) mass is 342 g/mol. The maximum atomic E-state index is 12.5. The molecule has 0 heterocycles. The van der Waals surface area contributed by atoms with Crippen LogP contribution in [0.5, 0.6) is 0 Å². The van der Waals surface area contributed by atoms with E-state index in [2.05, 4.69) is 17.4 Å². The standard InChI is InChI=1S/C20H23ClN2O/c1-2-23(14-16-6-4-3-5-7-16)19(24)22-15-20(12-13-20)17-8-10-18(21)11-9-17/h3-11H,2,12-15H2,1H3,(H,22,24). The van der Waals surface area contributed by atoms with Gasteiger partial charge in [0.2, 0.25) is 0 Å². The maximum absolute atomic E-state index is 12.5. The molecule has 126 valence electrons. The van der Waals surface area contributed by atoms with Gasteiger partial charge in [0.15, 0.2) is 0 Å². The third-order valence-corrected chi connectivity index (χ3v) is 5.03. The fourth-order valence-corrected chi connectivity index (χ4v) is 3.14. The Morgan fingerprint density at radius 3 is 2.38 bits per heavy atom. The van der Waals surface area contributed by atoms with E-state index in [1.165, 1.54) is 5.56 Å².